The average Bonchev–Trinajstić information content (AvgIpc) is 2.62. The van der Waals surface area contributed by atoms with Crippen molar-refractivity contribution in [2.45, 2.75) is 63.4 Å². The van der Waals surface area contributed by atoms with E-state index >= 15 is 0 Å². The molecule has 0 N–H and O–H groups in total. The maximum atomic E-state index is 13.5. The van der Waals surface area contributed by atoms with E-state index in [4.69, 9.17) is 15.3 Å². The van der Waals surface area contributed by atoms with Crippen LogP contribution in [0.1, 0.15) is 68.1 Å². The SMILES string of the molecule is N#CCCC1(CCC#N)C(=O)c2ccccc2OC12CCCCC2. The van der Waals surface area contributed by atoms with Gasteiger partial charge in [0.2, 0.25) is 0 Å². The predicted octanol–water partition coefficient (Wildman–Crippen LogP) is 4.56. The molecule has 0 bridgehead atoms. The van der Waals surface area contributed by atoms with Crippen molar-refractivity contribution in [1.29, 1.82) is 10.5 Å². The number of hydrogen-bond donors (Lipinski definition) is 0. The lowest BCUT2D eigenvalue weighted by atomic mass is 9.56. The van der Waals surface area contributed by atoms with E-state index in [1.807, 2.05) is 18.2 Å². The average molecular weight is 322 g/mol. The monoisotopic (exact) mass is 322 g/mol. The maximum Gasteiger partial charge on any atom is 0.176 e. The normalized spacial score (nSPS) is 20.5. The molecule has 2 aliphatic rings. The summed E-state index contributed by atoms with van der Waals surface area (Å²) < 4.78 is 6.50. The van der Waals surface area contributed by atoms with E-state index in [0.29, 0.717) is 37.0 Å². The minimum absolute atomic E-state index is 0.0664. The van der Waals surface area contributed by atoms with Crippen molar-refractivity contribution < 1.29 is 9.53 Å². The molecular weight excluding hydrogens is 300 g/mol. The number of carbonyl (C=O) groups excluding carboxylic acids is 1. The van der Waals surface area contributed by atoms with Crippen LogP contribution in [-0.2, 0) is 0 Å². The minimum Gasteiger partial charge on any atom is -0.485 e. The molecule has 1 spiro atoms. The van der Waals surface area contributed by atoms with Gasteiger partial charge in [0.25, 0.3) is 0 Å². The molecule has 1 saturated carbocycles. The lowest BCUT2D eigenvalue weighted by Gasteiger charge is -2.54. The lowest BCUT2D eigenvalue weighted by molar-refractivity contribution is -0.0844. The summed E-state index contributed by atoms with van der Waals surface area (Å²) in [5.74, 6) is 0.727. The van der Waals surface area contributed by atoms with Crippen LogP contribution in [-0.4, -0.2) is 11.4 Å². The number of ketones is 1. The number of nitrogens with zero attached hydrogens (tertiary/aromatic N) is 2. The van der Waals surface area contributed by atoms with Gasteiger partial charge in [-0.1, -0.05) is 18.6 Å². The maximum absolute atomic E-state index is 13.5. The highest BCUT2D eigenvalue weighted by atomic mass is 16.5. The zero-order chi connectivity index (χ0) is 17.0. The Labute approximate surface area is 143 Å². The van der Waals surface area contributed by atoms with Gasteiger partial charge >= 0.3 is 0 Å². The number of rotatable bonds is 4. The molecule has 0 amide bonds. The molecule has 0 atom stereocenters. The number of para-hydroxylation sites is 1. The molecule has 1 aromatic carbocycles. The van der Waals surface area contributed by atoms with Crippen molar-refractivity contribution in [3.05, 3.63) is 29.8 Å². The summed E-state index contributed by atoms with van der Waals surface area (Å²) in [5.41, 5.74) is -0.720. The summed E-state index contributed by atoms with van der Waals surface area (Å²) in [6, 6.07) is 11.8. The van der Waals surface area contributed by atoms with Crippen LogP contribution in [0.25, 0.3) is 0 Å². The van der Waals surface area contributed by atoms with Crippen molar-refractivity contribution in [1.82, 2.24) is 0 Å². The van der Waals surface area contributed by atoms with Gasteiger partial charge < -0.3 is 4.74 Å². The summed E-state index contributed by atoms with van der Waals surface area (Å²) in [5, 5.41) is 18.3. The molecule has 1 aliphatic heterocycles. The Morgan fingerprint density at radius 2 is 1.62 bits per heavy atom. The summed E-state index contributed by atoms with van der Waals surface area (Å²) >= 11 is 0. The van der Waals surface area contributed by atoms with Crippen LogP contribution in [0.2, 0.25) is 0 Å². The topological polar surface area (TPSA) is 73.9 Å². The second-order valence-corrected chi connectivity index (χ2v) is 6.88. The van der Waals surface area contributed by atoms with Gasteiger partial charge in [0.15, 0.2) is 5.78 Å². The summed E-state index contributed by atoms with van der Waals surface area (Å²) in [7, 11) is 0. The number of benzene rings is 1. The Balaban J connectivity index is 2.14. The number of nitriles is 2. The van der Waals surface area contributed by atoms with E-state index in [9.17, 15) is 4.79 Å². The number of carbonyl (C=O) groups is 1. The number of hydrogen-bond acceptors (Lipinski definition) is 4. The van der Waals surface area contributed by atoms with Gasteiger partial charge in [-0.25, -0.2) is 0 Å². The van der Waals surface area contributed by atoms with Gasteiger partial charge in [-0.2, -0.15) is 10.5 Å². The Morgan fingerprint density at radius 3 is 2.25 bits per heavy atom. The highest BCUT2D eigenvalue weighted by molar-refractivity contribution is 6.04. The van der Waals surface area contributed by atoms with Crippen LogP contribution >= 0.6 is 0 Å². The van der Waals surface area contributed by atoms with Crippen molar-refractivity contribution in [2.24, 2.45) is 5.41 Å². The molecule has 0 aromatic heterocycles. The van der Waals surface area contributed by atoms with E-state index in [-0.39, 0.29) is 5.78 Å². The Bertz CT molecular complexity index is 687. The van der Waals surface area contributed by atoms with Gasteiger partial charge in [0.1, 0.15) is 11.4 Å². The van der Waals surface area contributed by atoms with Gasteiger partial charge in [-0.05, 0) is 50.7 Å². The molecule has 0 radical (unpaired) electrons. The van der Waals surface area contributed by atoms with E-state index in [1.54, 1.807) is 6.07 Å². The lowest BCUT2D eigenvalue weighted by Crippen LogP contribution is -2.60. The Hall–Kier alpha value is -2.33. The third kappa shape index (κ3) is 2.47. The quantitative estimate of drug-likeness (QED) is 0.814. The standard InChI is InChI=1S/C20H22N2O2/c21-14-6-10-19(11-7-15-22)18(23)16-8-2-3-9-17(16)24-20(19)12-4-1-5-13-20/h2-3,8-9H,1,4-7,10-13H2. The van der Waals surface area contributed by atoms with Gasteiger partial charge in [-0.3, -0.25) is 4.79 Å². The molecule has 24 heavy (non-hydrogen) atoms. The fraction of sp³-hybridized carbons (Fsp3) is 0.550. The first kappa shape index (κ1) is 16.5. The Kier molecular flexibility index (Phi) is 4.58. The third-order valence-electron chi connectivity index (χ3n) is 5.73. The van der Waals surface area contributed by atoms with Gasteiger partial charge in [0, 0.05) is 12.8 Å². The van der Waals surface area contributed by atoms with Crippen LogP contribution in [0, 0.1) is 28.1 Å². The fourth-order valence-corrected chi connectivity index (χ4v) is 4.57. The van der Waals surface area contributed by atoms with Crippen molar-refractivity contribution in [3.8, 4) is 17.9 Å². The molecule has 1 heterocycles. The molecule has 0 unspecified atom stereocenters. The highest BCUT2D eigenvalue weighted by Crippen LogP contribution is 2.56. The third-order valence-corrected chi connectivity index (χ3v) is 5.73. The second-order valence-electron chi connectivity index (χ2n) is 6.88. The summed E-state index contributed by atoms with van der Waals surface area (Å²) in [6.45, 7) is 0. The van der Waals surface area contributed by atoms with E-state index in [2.05, 4.69) is 12.1 Å². The largest absolute Gasteiger partial charge is 0.485 e. The van der Waals surface area contributed by atoms with Crippen LogP contribution in [0.3, 0.4) is 0 Å². The smallest absolute Gasteiger partial charge is 0.176 e. The van der Waals surface area contributed by atoms with Gasteiger partial charge in [0.05, 0.1) is 23.1 Å². The zero-order valence-electron chi connectivity index (χ0n) is 13.9. The van der Waals surface area contributed by atoms with Crippen LogP contribution in [0.15, 0.2) is 24.3 Å². The molecular formula is C20H22N2O2. The molecule has 3 rings (SSSR count). The molecule has 4 heteroatoms. The second kappa shape index (κ2) is 6.65. The first-order valence-electron chi connectivity index (χ1n) is 8.76. The summed E-state index contributed by atoms with van der Waals surface area (Å²) in [6.07, 6.45) is 6.40. The molecule has 124 valence electrons. The highest BCUT2D eigenvalue weighted by Gasteiger charge is 2.60. The number of fused-ring (bicyclic) bond motifs is 1. The first-order chi connectivity index (χ1) is 11.7. The Morgan fingerprint density at radius 1 is 1.00 bits per heavy atom. The zero-order valence-corrected chi connectivity index (χ0v) is 13.9. The molecule has 1 aliphatic carbocycles. The van der Waals surface area contributed by atoms with Crippen molar-refractivity contribution in [3.63, 3.8) is 0 Å². The van der Waals surface area contributed by atoms with Crippen LogP contribution in [0.4, 0.5) is 0 Å². The predicted molar refractivity (Wildman–Crippen MR) is 89.3 cm³/mol. The number of Topliss-reactive ketones (excluding diaryl/α,β-unsaturated/α-hetero) is 1. The van der Waals surface area contributed by atoms with Crippen LogP contribution < -0.4 is 4.74 Å². The molecule has 1 fully saturated rings. The molecule has 0 saturated heterocycles. The van der Waals surface area contributed by atoms with Crippen LogP contribution in [0.5, 0.6) is 5.75 Å². The molecule has 4 nitrogen and oxygen atoms in total. The minimum atomic E-state index is -0.757. The van der Waals surface area contributed by atoms with Gasteiger partial charge in [-0.15, -0.1) is 0 Å². The first-order valence-corrected chi connectivity index (χ1v) is 8.76. The van der Waals surface area contributed by atoms with E-state index in [0.717, 1.165) is 32.1 Å². The number of ether oxygens (including phenoxy) is 1. The van der Waals surface area contributed by atoms with E-state index in [1.165, 1.54) is 0 Å². The van der Waals surface area contributed by atoms with Crippen molar-refractivity contribution >= 4 is 5.78 Å². The fourth-order valence-electron chi connectivity index (χ4n) is 4.57. The van der Waals surface area contributed by atoms with Crippen molar-refractivity contribution in [2.75, 3.05) is 0 Å². The van der Waals surface area contributed by atoms with E-state index < -0.39 is 11.0 Å². The molecule has 1 aromatic rings. The summed E-state index contributed by atoms with van der Waals surface area (Å²) in [4.78, 5) is 13.5.